The first-order valence-corrected chi connectivity index (χ1v) is 10.4. The van der Waals surface area contributed by atoms with Gasteiger partial charge in [0.25, 0.3) is 0 Å². The molecule has 0 saturated carbocycles. The maximum absolute atomic E-state index is 11.2. The molecule has 0 aliphatic rings. The maximum Gasteiger partial charge on any atom is 0.407 e. The van der Waals surface area contributed by atoms with Crippen molar-refractivity contribution in [1.82, 2.24) is 0 Å². The maximum atomic E-state index is 11.2. The number of hydrogen-bond acceptors (Lipinski definition) is 4. The summed E-state index contributed by atoms with van der Waals surface area (Å²) in [6.07, 6.45) is -0.865. The first-order chi connectivity index (χ1) is 8.87. The molecule has 1 aromatic heterocycles. The molecule has 7 heteroatoms. The van der Waals surface area contributed by atoms with E-state index in [4.69, 9.17) is 26.5 Å². The van der Waals surface area contributed by atoms with Gasteiger partial charge in [-0.2, -0.15) is 0 Å². The fourth-order valence-corrected chi connectivity index (χ4v) is 4.08. The number of ether oxygens (including phenoxy) is 1. The molecule has 0 aliphatic heterocycles. The number of nitrogens with two attached hydrogens (primary N) is 1. The van der Waals surface area contributed by atoms with E-state index in [0.717, 1.165) is 4.88 Å². The Bertz CT molecular complexity index is 498. The van der Waals surface area contributed by atoms with Crippen LogP contribution in [-0.2, 0) is 14.9 Å². The highest BCUT2D eigenvalue weighted by atomic mass is 35.5. The highest BCUT2D eigenvalue weighted by Gasteiger charge is 2.46. The van der Waals surface area contributed by atoms with E-state index in [2.05, 4.69) is 33.9 Å². The molecule has 0 aliphatic carbocycles. The summed E-state index contributed by atoms with van der Waals surface area (Å²) in [5.41, 5.74) is 5.20. The van der Waals surface area contributed by atoms with Gasteiger partial charge in [0.15, 0.2) is 8.32 Å². The van der Waals surface area contributed by atoms with Gasteiger partial charge in [-0.3, -0.25) is 0 Å². The molecule has 0 fully saturated rings. The lowest BCUT2D eigenvalue weighted by atomic mass is 10.2. The molecule has 1 aromatic rings. The lowest BCUT2D eigenvalue weighted by Crippen LogP contribution is -2.49. The molecule has 114 valence electrons. The first-order valence-electron chi connectivity index (χ1n) is 6.32. The van der Waals surface area contributed by atoms with Crippen molar-refractivity contribution in [2.45, 2.75) is 51.6 Å². The molecule has 1 heterocycles. The van der Waals surface area contributed by atoms with E-state index in [9.17, 15) is 4.79 Å². The Morgan fingerprint density at radius 1 is 1.30 bits per heavy atom. The molecule has 0 aromatic carbocycles. The van der Waals surface area contributed by atoms with Gasteiger partial charge >= 0.3 is 6.09 Å². The molecule has 1 amide bonds. The van der Waals surface area contributed by atoms with Crippen LogP contribution in [0.4, 0.5) is 4.79 Å². The number of carbonyl (C=O) groups is 1. The van der Waals surface area contributed by atoms with Gasteiger partial charge in [0.1, 0.15) is 0 Å². The predicted octanol–water partition coefficient (Wildman–Crippen LogP) is 4.69. The van der Waals surface area contributed by atoms with Gasteiger partial charge in [0.2, 0.25) is 5.79 Å². The third kappa shape index (κ3) is 3.97. The van der Waals surface area contributed by atoms with Crippen molar-refractivity contribution in [3.8, 4) is 0 Å². The van der Waals surface area contributed by atoms with Crippen molar-refractivity contribution in [2.24, 2.45) is 5.73 Å². The Morgan fingerprint density at radius 3 is 2.20 bits per heavy atom. The van der Waals surface area contributed by atoms with Crippen LogP contribution in [0.5, 0.6) is 0 Å². The molecule has 0 bridgehead atoms. The zero-order chi connectivity index (χ0) is 15.8. The molecule has 0 saturated heterocycles. The van der Waals surface area contributed by atoms with Crippen LogP contribution in [0.25, 0.3) is 0 Å². The van der Waals surface area contributed by atoms with Gasteiger partial charge in [0.05, 0.1) is 9.21 Å². The van der Waals surface area contributed by atoms with E-state index >= 15 is 0 Å². The zero-order valence-corrected chi connectivity index (χ0v) is 15.3. The summed E-state index contributed by atoms with van der Waals surface area (Å²) in [7, 11) is -2.15. The van der Waals surface area contributed by atoms with Crippen LogP contribution < -0.4 is 5.73 Å². The van der Waals surface area contributed by atoms with E-state index in [1.54, 1.807) is 19.1 Å². The average Bonchev–Trinajstić information content (AvgIpc) is 2.61. The summed E-state index contributed by atoms with van der Waals surface area (Å²) in [5, 5.41) is -0.0175. The number of halogens is 1. The quantitative estimate of drug-likeness (QED) is 0.641. The summed E-state index contributed by atoms with van der Waals surface area (Å²) >= 11 is 7.28. The van der Waals surface area contributed by atoms with Crippen LogP contribution in [0.1, 0.15) is 32.6 Å². The molecule has 1 unspecified atom stereocenters. The zero-order valence-electron chi connectivity index (χ0n) is 12.7. The van der Waals surface area contributed by atoms with E-state index in [1.165, 1.54) is 11.3 Å². The van der Waals surface area contributed by atoms with Crippen LogP contribution in [0.3, 0.4) is 0 Å². The third-order valence-corrected chi connectivity index (χ3v) is 9.50. The molecular weight excluding hydrogens is 314 g/mol. The van der Waals surface area contributed by atoms with E-state index in [-0.39, 0.29) is 5.04 Å². The summed E-state index contributed by atoms with van der Waals surface area (Å²) < 4.78 is 12.1. The van der Waals surface area contributed by atoms with Crippen molar-refractivity contribution in [1.29, 1.82) is 0 Å². The van der Waals surface area contributed by atoms with Crippen molar-refractivity contribution in [2.75, 3.05) is 0 Å². The van der Waals surface area contributed by atoms with Crippen LogP contribution in [-0.4, -0.2) is 14.4 Å². The van der Waals surface area contributed by atoms with E-state index < -0.39 is 20.2 Å². The normalized spacial score (nSPS) is 15.8. The second-order valence-electron chi connectivity index (χ2n) is 6.33. The van der Waals surface area contributed by atoms with Gasteiger partial charge in [0, 0.05) is 6.92 Å². The molecule has 0 radical (unpaired) electrons. The minimum Gasteiger partial charge on any atom is -0.413 e. The number of thiophene rings is 1. The second-order valence-corrected chi connectivity index (χ2v) is 12.8. The molecule has 20 heavy (non-hydrogen) atoms. The van der Waals surface area contributed by atoms with Crippen LogP contribution in [0.2, 0.25) is 22.5 Å². The SMILES string of the molecule is CC(OC(N)=O)(O[Si](C)(C)C(C)(C)C)c1ccc(Cl)s1. The molecular formula is C13H22ClNO3SSi. The number of primary amides is 1. The molecule has 2 N–H and O–H groups in total. The molecule has 1 atom stereocenters. The molecule has 1 rings (SSSR count). The Balaban J connectivity index is 3.16. The number of amides is 1. The van der Waals surface area contributed by atoms with Crippen LogP contribution in [0.15, 0.2) is 12.1 Å². The summed E-state index contributed by atoms with van der Waals surface area (Å²) in [6, 6.07) is 3.54. The van der Waals surface area contributed by atoms with Gasteiger partial charge < -0.3 is 14.9 Å². The lowest BCUT2D eigenvalue weighted by molar-refractivity contribution is -0.137. The summed E-state index contributed by atoms with van der Waals surface area (Å²) in [4.78, 5) is 12.0. The standard InChI is InChI=1S/C13H22ClNO3SSi/c1-12(2,3)20(5,6)18-13(4,17-11(15)16)9-7-8-10(14)19-9/h7-8H,1-6H3,(H2,15,16). The Kier molecular flexibility index (Phi) is 4.96. The smallest absolute Gasteiger partial charge is 0.407 e. The Hall–Kier alpha value is -0.563. The number of hydrogen-bond donors (Lipinski definition) is 1. The molecule has 4 nitrogen and oxygen atoms in total. The van der Waals surface area contributed by atoms with E-state index in [0.29, 0.717) is 4.34 Å². The van der Waals surface area contributed by atoms with Crippen LogP contribution in [0, 0.1) is 0 Å². The number of carbonyl (C=O) groups excluding carboxylic acids is 1. The minimum atomic E-state index is -2.15. The second kappa shape index (κ2) is 5.67. The fraction of sp³-hybridized carbons (Fsp3) is 0.615. The van der Waals surface area contributed by atoms with Crippen molar-refractivity contribution in [3.63, 3.8) is 0 Å². The Morgan fingerprint density at radius 2 is 1.85 bits per heavy atom. The highest BCUT2D eigenvalue weighted by Crippen LogP contribution is 2.44. The van der Waals surface area contributed by atoms with E-state index in [1.807, 2.05) is 0 Å². The first kappa shape index (κ1) is 17.5. The Labute approximate surface area is 130 Å². The summed E-state index contributed by atoms with van der Waals surface area (Å²) in [5.74, 6) is -1.20. The fourth-order valence-electron chi connectivity index (χ4n) is 1.51. The van der Waals surface area contributed by atoms with Crippen molar-refractivity contribution >= 4 is 37.3 Å². The minimum absolute atomic E-state index is 0.0175. The number of rotatable bonds is 4. The van der Waals surface area contributed by atoms with Gasteiger partial charge in [-0.25, -0.2) is 4.79 Å². The predicted molar refractivity (Wildman–Crippen MR) is 85.6 cm³/mol. The highest BCUT2D eigenvalue weighted by molar-refractivity contribution is 7.16. The van der Waals surface area contributed by atoms with Crippen molar-refractivity contribution < 1.29 is 14.0 Å². The molecule has 0 spiro atoms. The topological polar surface area (TPSA) is 61.5 Å². The van der Waals surface area contributed by atoms with Gasteiger partial charge in [-0.05, 0) is 30.3 Å². The lowest BCUT2D eigenvalue weighted by Gasteiger charge is -2.42. The van der Waals surface area contributed by atoms with Crippen molar-refractivity contribution in [3.05, 3.63) is 21.3 Å². The van der Waals surface area contributed by atoms with Gasteiger partial charge in [-0.15, -0.1) is 11.3 Å². The third-order valence-electron chi connectivity index (χ3n) is 3.57. The van der Waals surface area contributed by atoms with Crippen LogP contribution >= 0.6 is 22.9 Å². The summed E-state index contributed by atoms with van der Waals surface area (Å²) in [6.45, 7) is 12.2. The largest absolute Gasteiger partial charge is 0.413 e. The average molecular weight is 336 g/mol. The monoisotopic (exact) mass is 335 g/mol. The van der Waals surface area contributed by atoms with Gasteiger partial charge in [-0.1, -0.05) is 32.4 Å².